The Balaban J connectivity index is 1.74. The lowest BCUT2D eigenvalue weighted by atomic mass is 9.87. The molecular weight excluding hydrogens is 229 g/mol. The van der Waals surface area contributed by atoms with Crippen LogP contribution in [0.3, 0.4) is 0 Å². The van der Waals surface area contributed by atoms with Crippen molar-refractivity contribution >= 4 is 0 Å². The minimum absolute atomic E-state index is 0.147. The molecule has 2 aliphatic rings. The largest absolute Gasteiger partial charge is 0.371 e. The molecule has 0 aromatic heterocycles. The van der Waals surface area contributed by atoms with Gasteiger partial charge in [-0.05, 0) is 18.9 Å². The Morgan fingerprint density at radius 2 is 2.00 bits per heavy atom. The molecule has 1 saturated heterocycles. The normalized spacial score (nSPS) is 27.3. The van der Waals surface area contributed by atoms with E-state index in [4.69, 9.17) is 4.74 Å². The molecule has 0 bridgehead atoms. The van der Waals surface area contributed by atoms with E-state index in [-0.39, 0.29) is 11.9 Å². The van der Waals surface area contributed by atoms with Gasteiger partial charge in [-0.2, -0.15) is 0 Å². The third-order valence-electron chi connectivity index (χ3n) is 4.34. The zero-order valence-corrected chi connectivity index (χ0v) is 10.6. The molecule has 1 spiro atoms. The van der Waals surface area contributed by atoms with Crippen molar-refractivity contribution in [3.63, 3.8) is 0 Å². The fraction of sp³-hybridized carbons (Fsp3) is 0.600. The van der Waals surface area contributed by atoms with Gasteiger partial charge in [0.15, 0.2) is 0 Å². The van der Waals surface area contributed by atoms with E-state index in [0.29, 0.717) is 17.5 Å². The van der Waals surface area contributed by atoms with Crippen LogP contribution in [0.4, 0.5) is 4.39 Å². The first-order valence-electron chi connectivity index (χ1n) is 6.86. The highest BCUT2D eigenvalue weighted by Crippen LogP contribution is 2.40. The molecule has 0 amide bonds. The Kier molecular flexibility index (Phi) is 3.35. The van der Waals surface area contributed by atoms with Gasteiger partial charge in [0.05, 0.1) is 12.7 Å². The highest BCUT2D eigenvalue weighted by Gasteiger charge is 2.37. The maximum absolute atomic E-state index is 13.8. The van der Waals surface area contributed by atoms with Crippen LogP contribution in [0, 0.1) is 11.2 Å². The molecule has 1 saturated carbocycles. The van der Waals surface area contributed by atoms with E-state index >= 15 is 0 Å². The van der Waals surface area contributed by atoms with E-state index in [1.165, 1.54) is 31.7 Å². The Morgan fingerprint density at radius 3 is 2.78 bits per heavy atom. The smallest absolute Gasteiger partial charge is 0.129 e. The van der Waals surface area contributed by atoms with Crippen molar-refractivity contribution in [2.75, 3.05) is 19.7 Å². The number of ether oxygens (including phenoxy) is 1. The second kappa shape index (κ2) is 4.98. The summed E-state index contributed by atoms with van der Waals surface area (Å²) in [6.07, 6.45) is 4.94. The van der Waals surface area contributed by atoms with E-state index in [1.807, 2.05) is 12.1 Å². The number of hydrogen-bond donors (Lipinski definition) is 1. The maximum atomic E-state index is 13.8. The number of nitrogens with one attached hydrogen (secondary N) is 1. The predicted molar refractivity (Wildman–Crippen MR) is 68.9 cm³/mol. The lowest BCUT2D eigenvalue weighted by Crippen LogP contribution is -2.32. The quantitative estimate of drug-likeness (QED) is 0.826. The summed E-state index contributed by atoms with van der Waals surface area (Å²) in [6.45, 7) is 2.49. The van der Waals surface area contributed by atoms with Crippen molar-refractivity contribution in [3.8, 4) is 0 Å². The fourth-order valence-electron chi connectivity index (χ4n) is 3.24. The Hall–Kier alpha value is -0.930. The maximum Gasteiger partial charge on any atom is 0.129 e. The summed E-state index contributed by atoms with van der Waals surface area (Å²) < 4.78 is 19.8. The van der Waals surface area contributed by atoms with Gasteiger partial charge in [0.2, 0.25) is 0 Å². The molecule has 1 aliphatic heterocycles. The fourth-order valence-corrected chi connectivity index (χ4v) is 3.24. The van der Waals surface area contributed by atoms with E-state index in [9.17, 15) is 4.39 Å². The average molecular weight is 249 g/mol. The summed E-state index contributed by atoms with van der Waals surface area (Å²) in [6, 6.07) is 6.93. The van der Waals surface area contributed by atoms with E-state index in [0.717, 1.165) is 13.2 Å². The number of benzene rings is 1. The van der Waals surface area contributed by atoms with Crippen molar-refractivity contribution < 1.29 is 9.13 Å². The molecule has 2 fully saturated rings. The second-order valence-corrected chi connectivity index (χ2v) is 5.66. The number of halogens is 1. The van der Waals surface area contributed by atoms with Gasteiger partial charge >= 0.3 is 0 Å². The zero-order valence-electron chi connectivity index (χ0n) is 10.6. The second-order valence-electron chi connectivity index (χ2n) is 5.66. The zero-order chi connectivity index (χ0) is 12.4. The van der Waals surface area contributed by atoms with Crippen LogP contribution in [0.1, 0.15) is 37.4 Å². The Morgan fingerprint density at radius 1 is 1.22 bits per heavy atom. The van der Waals surface area contributed by atoms with Crippen LogP contribution < -0.4 is 5.32 Å². The first kappa shape index (κ1) is 12.1. The van der Waals surface area contributed by atoms with E-state index in [2.05, 4.69) is 5.32 Å². The van der Waals surface area contributed by atoms with Gasteiger partial charge in [0.1, 0.15) is 5.82 Å². The molecule has 1 aromatic rings. The molecule has 3 rings (SSSR count). The van der Waals surface area contributed by atoms with Crippen LogP contribution in [0.5, 0.6) is 0 Å². The summed E-state index contributed by atoms with van der Waals surface area (Å²) in [5.74, 6) is -0.160. The van der Waals surface area contributed by atoms with Crippen molar-refractivity contribution in [3.05, 3.63) is 35.6 Å². The molecule has 0 radical (unpaired) electrons. The van der Waals surface area contributed by atoms with Crippen molar-refractivity contribution in [2.45, 2.75) is 31.8 Å². The van der Waals surface area contributed by atoms with E-state index in [1.54, 1.807) is 6.07 Å². The monoisotopic (exact) mass is 249 g/mol. The van der Waals surface area contributed by atoms with Gasteiger partial charge < -0.3 is 10.1 Å². The molecule has 18 heavy (non-hydrogen) atoms. The minimum atomic E-state index is -0.160. The molecule has 98 valence electrons. The van der Waals surface area contributed by atoms with Gasteiger partial charge in [-0.25, -0.2) is 4.39 Å². The summed E-state index contributed by atoms with van der Waals surface area (Å²) >= 11 is 0. The first-order chi connectivity index (χ1) is 8.79. The van der Waals surface area contributed by atoms with Crippen molar-refractivity contribution in [1.29, 1.82) is 0 Å². The van der Waals surface area contributed by atoms with Crippen LogP contribution in [0.15, 0.2) is 24.3 Å². The molecule has 1 aliphatic carbocycles. The molecule has 1 heterocycles. The van der Waals surface area contributed by atoms with Crippen LogP contribution in [0.2, 0.25) is 0 Å². The van der Waals surface area contributed by atoms with Crippen LogP contribution in [0.25, 0.3) is 0 Å². The highest BCUT2D eigenvalue weighted by molar-refractivity contribution is 5.20. The van der Waals surface area contributed by atoms with Gasteiger partial charge in [0, 0.05) is 24.1 Å². The third kappa shape index (κ3) is 2.29. The van der Waals surface area contributed by atoms with Crippen LogP contribution in [-0.4, -0.2) is 19.7 Å². The molecule has 1 unspecified atom stereocenters. The van der Waals surface area contributed by atoms with Crippen LogP contribution >= 0.6 is 0 Å². The summed E-state index contributed by atoms with van der Waals surface area (Å²) in [5, 5.41) is 3.46. The first-order valence-corrected chi connectivity index (χ1v) is 6.86. The standard InChI is InChI=1S/C15H20FNO/c16-13-6-2-1-5-12(13)14-9-17-10-15(11-18-14)7-3-4-8-15/h1-2,5-6,14,17H,3-4,7-11H2. The van der Waals surface area contributed by atoms with Crippen molar-refractivity contribution in [1.82, 2.24) is 5.32 Å². The lowest BCUT2D eigenvalue weighted by Gasteiger charge is -2.26. The van der Waals surface area contributed by atoms with Gasteiger partial charge in [-0.3, -0.25) is 0 Å². The molecular formula is C15H20FNO. The average Bonchev–Trinajstić information content (AvgIpc) is 2.73. The topological polar surface area (TPSA) is 21.3 Å². The minimum Gasteiger partial charge on any atom is -0.371 e. The van der Waals surface area contributed by atoms with E-state index < -0.39 is 0 Å². The Labute approximate surface area is 108 Å². The summed E-state index contributed by atoms with van der Waals surface area (Å²) in [5.41, 5.74) is 0.986. The molecule has 3 heteroatoms. The van der Waals surface area contributed by atoms with Crippen LogP contribution in [-0.2, 0) is 4.74 Å². The third-order valence-corrected chi connectivity index (χ3v) is 4.34. The van der Waals surface area contributed by atoms with Gasteiger partial charge in [-0.15, -0.1) is 0 Å². The summed E-state index contributed by atoms with van der Waals surface area (Å²) in [4.78, 5) is 0. The lowest BCUT2D eigenvalue weighted by molar-refractivity contribution is 0.0142. The Bertz CT molecular complexity index is 415. The van der Waals surface area contributed by atoms with Crippen molar-refractivity contribution in [2.24, 2.45) is 5.41 Å². The van der Waals surface area contributed by atoms with Gasteiger partial charge in [-0.1, -0.05) is 31.0 Å². The SMILES string of the molecule is Fc1ccccc1C1CNCC2(CCCC2)CO1. The van der Waals surface area contributed by atoms with Gasteiger partial charge in [0.25, 0.3) is 0 Å². The molecule has 1 atom stereocenters. The summed E-state index contributed by atoms with van der Waals surface area (Å²) in [7, 11) is 0. The predicted octanol–water partition coefficient (Wildman–Crippen LogP) is 3.05. The highest BCUT2D eigenvalue weighted by atomic mass is 19.1. The number of rotatable bonds is 1. The molecule has 1 aromatic carbocycles. The molecule has 1 N–H and O–H groups in total. The number of hydrogen-bond acceptors (Lipinski definition) is 2. The molecule has 2 nitrogen and oxygen atoms in total.